The second-order valence-corrected chi connectivity index (χ2v) is 3.83. The maximum absolute atomic E-state index is 11.5. The number of hydrogen-bond donors (Lipinski definition) is 0. The molecule has 0 aromatic carbocycles. The number of nitrogens with zero attached hydrogens (tertiary/aromatic N) is 1. The van der Waals surface area contributed by atoms with E-state index in [0.717, 1.165) is 5.56 Å². The van der Waals surface area contributed by atoms with Gasteiger partial charge >= 0.3 is 5.63 Å². The van der Waals surface area contributed by atoms with E-state index in [1.54, 1.807) is 6.08 Å². The van der Waals surface area contributed by atoms with Crippen molar-refractivity contribution in [1.29, 1.82) is 0 Å². The highest BCUT2D eigenvalue weighted by molar-refractivity contribution is 6.06. The average Bonchev–Trinajstić information content (AvgIpc) is 2.34. The summed E-state index contributed by atoms with van der Waals surface area (Å²) in [5.74, 6) is 0.165. The monoisotopic (exact) mass is 247 g/mol. The highest BCUT2D eigenvalue weighted by Gasteiger charge is 2.25. The van der Waals surface area contributed by atoms with E-state index in [1.807, 2.05) is 6.92 Å². The molecule has 0 atom stereocenters. The molecule has 1 aromatic heterocycles. The van der Waals surface area contributed by atoms with Gasteiger partial charge in [-0.25, -0.2) is 4.79 Å². The predicted octanol–water partition coefficient (Wildman–Crippen LogP) is 1.23. The summed E-state index contributed by atoms with van der Waals surface area (Å²) in [4.78, 5) is 26.7. The number of aryl methyl sites for hydroxylation is 1. The lowest BCUT2D eigenvalue weighted by Gasteiger charge is -2.17. The average molecular weight is 247 g/mol. The minimum absolute atomic E-state index is 0.000632. The van der Waals surface area contributed by atoms with Crippen molar-refractivity contribution in [1.82, 2.24) is 0 Å². The fraction of sp³-hybridized carbons (Fsp3) is 0.308. The molecule has 0 saturated carbocycles. The molecule has 1 aliphatic heterocycles. The SMILES string of the molecule is C=CCOC1=NC(=O)Cc2oc(=O)cc(CC)c21. The van der Waals surface area contributed by atoms with Crippen molar-refractivity contribution in [3.63, 3.8) is 0 Å². The van der Waals surface area contributed by atoms with Crippen molar-refractivity contribution in [2.75, 3.05) is 6.61 Å². The molecule has 5 heteroatoms. The Morgan fingerprint density at radius 3 is 3.00 bits per heavy atom. The molecule has 1 aliphatic rings. The van der Waals surface area contributed by atoms with E-state index in [9.17, 15) is 9.59 Å². The zero-order valence-electron chi connectivity index (χ0n) is 10.1. The quantitative estimate of drug-likeness (QED) is 0.753. The first-order valence-corrected chi connectivity index (χ1v) is 5.67. The van der Waals surface area contributed by atoms with Crippen LogP contribution in [0.1, 0.15) is 23.8 Å². The largest absolute Gasteiger partial charge is 0.473 e. The lowest BCUT2D eigenvalue weighted by atomic mass is 10.0. The number of carbonyl (C=O) groups is 1. The highest BCUT2D eigenvalue weighted by atomic mass is 16.5. The van der Waals surface area contributed by atoms with Gasteiger partial charge in [-0.15, -0.1) is 0 Å². The number of fused-ring (bicyclic) bond motifs is 1. The van der Waals surface area contributed by atoms with Gasteiger partial charge in [0.1, 0.15) is 12.4 Å². The van der Waals surface area contributed by atoms with E-state index >= 15 is 0 Å². The zero-order valence-corrected chi connectivity index (χ0v) is 10.1. The fourth-order valence-corrected chi connectivity index (χ4v) is 1.84. The molecule has 94 valence electrons. The second kappa shape index (κ2) is 5.00. The number of ether oxygens (including phenoxy) is 1. The van der Waals surface area contributed by atoms with Crippen molar-refractivity contribution in [2.45, 2.75) is 19.8 Å². The summed E-state index contributed by atoms with van der Waals surface area (Å²) >= 11 is 0. The second-order valence-electron chi connectivity index (χ2n) is 3.83. The number of hydrogen-bond acceptors (Lipinski definition) is 4. The summed E-state index contributed by atoms with van der Waals surface area (Å²) in [7, 11) is 0. The number of aliphatic imine (C=N–C) groups is 1. The molecular weight excluding hydrogens is 234 g/mol. The van der Waals surface area contributed by atoms with E-state index in [2.05, 4.69) is 11.6 Å². The van der Waals surface area contributed by atoms with Crippen molar-refractivity contribution in [3.8, 4) is 0 Å². The Morgan fingerprint density at radius 2 is 2.33 bits per heavy atom. The molecule has 1 amide bonds. The first-order chi connectivity index (χ1) is 8.65. The molecule has 5 nitrogen and oxygen atoms in total. The van der Waals surface area contributed by atoms with Crippen molar-refractivity contribution in [2.24, 2.45) is 4.99 Å². The van der Waals surface area contributed by atoms with Crippen LogP contribution in [-0.4, -0.2) is 18.4 Å². The molecule has 2 rings (SSSR count). The van der Waals surface area contributed by atoms with Gasteiger partial charge in [-0.05, 0) is 12.0 Å². The summed E-state index contributed by atoms with van der Waals surface area (Å²) in [6.45, 7) is 5.70. The minimum Gasteiger partial charge on any atom is -0.473 e. The van der Waals surface area contributed by atoms with Gasteiger partial charge in [0.2, 0.25) is 5.90 Å². The molecule has 1 aromatic rings. The van der Waals surface area contributed by atoms with Crippen LogP contribution in [0, 0.1) is 0 Å². The molecule has 0 saturated heterocycles. The normalized spacial score (nSPS) is 13.8. The highest BCUT2D eigenvalue weighted by Crippen LogP contribution is 2.20. The molecule has 0 unspecified atom stereocenters. The number of rotatable bonds is 3. The Hall–Kier alpha value is -2.17. The van der Waals surface area contributed by atoms with Gasteiger partial charge in [0.05, 0.1) is 12.0 Å². The molecular formula is C13H13NO4. The Kier molecular flexibility index (Phi) is 3.41. The van der Waals surface area contributed by atoms with Crippen LogP contribution in [0.3, 0.4) is 0 Å². The molecule has 0 fully saturated rings. The van der Waals surface area contributed by atoms with E-state index in [4.69, 9.17) is 9.15 Å². The van der Waals surface area contributed by atoms with Crippen LogP contribution in [0.5, 0.6) is 0 Å². The maximum Gasteiger partial charge on any atom is 0.336 e. The van der Waals surface area contributed by atoms with Crippen LogP contribution in [0.15, 0.2) is 32.9 Å². The lowest BCUT2D eigenvalue weighted by molar-refractivity contribution is -0.117. The van der Waals surface area contributed by atoms with Crippen LogP contribution in [-0.2, 0) is 22.4 Å². The van der Waals surface area contributed by atoms with Crippen LogP contribution in [0.2, 0.25) is 0 Å². The Labute approximate surface area is 104 Å². The third-order valence-corrected chi connectivity index (χ3v) is 2.59. The van der Waals surface area contributed by atoms with Gasteiger partial charge in [0.15, 0.2) is 0 Å². The smallest absolute Gasteiger partial charge is 0.336 e. The van der Waals surface area contributed by atoms with Crippen LogP contribution in [0.4, 0.5) is 0 Å². The summed E-state index contributed by atoms with van der Waals surface area (Å²) in [6.07, 6.45) is 2.20. The van der Waals surface area contributed by atoms with Crippen LogP contribution >= 0.6 is 0 Å². The topological polar surface area (TPSA) is 68.9 Å². The molecule has 0 aliphatic carbocycles. The molecule has 0 bridgehead atoms. The molecule has 0 spiro atoms. The summed E-state index contributed by atoms with van der Waals surface area (Å²) < 4.78 is 10.4. The third kappa shape index (κ3) is 2.25. The fourth-order valence-electron chi connectivity index (χ4n) is 1.84. The summed E-state index contributed by atoms with van der Waals surface area (Å²) in [5.41, 5.74) is 0.943. The Morgan fingerprint density at radius 1 is 1.56 bits per heavy atom. The number of carbonyl (C=O) groups excluding carboxylic acids is 1. The standard InChI is InChI=1S/C13H13NO4/c1-3-5-17-13-12-8(4-2)6-11(16)18-9(12)7-10(15)14-13/h3,6H,1,4-5,7H2,2H3. The van der Waals surface area contributed by atoms with Crippen molar-refractivity contribution < 1.29 is 13.9 Å². The van der Waals surface area contributed by atoms with Crippen LogP contribution in [0.25, 0.3) is 0 Å². The molecule has 0 N–H and O–H groups in total. The van der Waals surface area contributed by atoms with E-state index in [0.29, 0.717) is 17.7 Å². The molecule has 0 radical (unpaired) electrons. The van der Waals surface area contributed by atoms with E-state index < -0.39 is 5.63 Å². The first kappa shape index (κ1) is 12.3. The molecule has 2 heterocycles. The molecule has 18 heavy (non-hydrogen) atoms. The third-order valence-electron chi connectivity index (χ3n) is 2.59. The van der Waals surface area contributed by atoms with Gasteiger partial charge in [0.25, 0.3) is 5.91 Å². The van der Waals surface area contributed by atoms with Gasteiger partial charge in [-0.3, -0.25) is 4.79 Å². The Balaban J connectivity index is 2.55. The number of amides is 1. The van der Waals surface area contributed by atoms with Crippen molar-refractivity contribution >= 4 is 11.8 Å². The zero-order chi connectivity index (χ0) is 13.1. The summed E-state index contributed by atoms with van der Waals surface area (Å²) in [6, 6.07) is 1.40. The van der Waals surface area contributed by atoms with E-state index in [-0.39, 0.29) is 24.8 Å². The van der Waals surface area contributed by atoms with Gasteiger partial charge < -0.3 is 9.15 Å². The van der Waals surface area contributed by atoms with Crippen molar-refractivity contribution in [3.05, 3.63) is 46.0 Å². The first-order valence-electron chi connectivity index (χ1n) is 5.67. The Bertz CT molecular complexity index is 583. The predicted molar refractivity (Wildman–Crippen MR) is 65.8 cm³/mol. The van der Waals surface area contributed by atoms with Gasteiger partial charge in [-0.1, -0.05) is 19.6 Å². The summed E-state index contributed by atoms with van der Waals surface area (Å²) in [5, 5.41) is 0. The van der Waals surface area contributed by atoms with Gasteiger partial charge in [0, 0.05) is 6.07 Å². The lowest BCUT2D eigenvalue weighted by Crippen LogP contribution is -2.23. The minimum atomic E-state index is -0.455. The van der Waals surface area contributed by atoms with Crippen LogP contribution < -0.4 is 5.63 Å². The van der Waals surface area contributed by atoms with E-state index in [1.165, 1.54) is 6.07 Å². The maximum atomic E-state index is 11.5. The van der Waals surface area contributed by atoms with Gasteiger partial charge in [-0.2, -0.15) is 4.99 Å².